The molecule has 0 bridgehead atoms. The third-order valence-electron chi connectivity index (χ3n) is 2.20. The van der Waals surface area contributed by atoms with E-state index >= 15 is 0 Å². The number of sulfonamides is 1. The van der Waals surface area contributed by atoms with E-state index in [1.54, 1.807) is 13.8 Å². The highest BCUT2D eigenvalue weighted by Crippen LogP contribution is 2.18. The Morgan fingerprint density at radius 1 is 1.47 bits per heavy atom. The quantitative estimate of drug-likeness (QED) is 0.820. The molecule has 0 saturated heterocycles. The molecule has 0 aliphatic carbocycles. The molecule has 1 aromatic rings. The first-order valence-corrected chi connectivity index (χ1v) is 6.95. The lowest BCUT2D eigenvalue weighted by molar-refractivity contribution is 0.236. The molecule has 1 rings (SSSR count). The van der Waals surface area contributed by atoms with E-state index < -0.39 is 10.0 Å². The Balaban J connectivity index is 3.12. The van der Waals surface area contributed by atoms with Crippen LogP contribution in [0.1, 0.15) is 13.8 Å². The molecule has 0 aromatic carbocycles. The Morgan fingerprint density at radius 3 is 2.53 bits per heavy atom. The summed E-state index contributed by atoms with van der Waals surface area (Å²) in [7, 11) is -3.63. The molecule has 0 unspecified atom stereocenters. The zero-order valence-corrected chi connectivity index (χ0v) is 11.2. The van der Waals surface area contributed by atoms with Gasteiger partial charge in [0.05, 0.1) is 6.61 Å². The van der Waals surface area contributed by atoms with Crippen molar-refractivity contribution >= 4 is 21.6 Å². The molecule has 5 nitrogen and oxygen atoms in total. The van der Waals surface area contributed by atoms with E-state index in [2.05, 4.69) is 4.98 Å². The van der Waals surface area contributed by atoms with Crippen molar-refractivity contribution in [3.8, 4) is 0 Å². The number of aromatic nitrogens is 1. The van der Waals surface area contributed by atoms with Gasteiger partial charge in [0.1, 0.15) is 10.0 Å². The molecule has 1 aromatic heterocycles. The number of rotatable bonds is 5. The highest BCUT2D eigenvalue weighted by Gasteiger charge is 2.26. The Labute approximate surface area is 106 Å². The van der Waals surface area contributed by atoms with Crippen LogP contribution in [-0.4, -0.2) is 42.0 Å². The van der Waals surface area contributed by atoms with Crippen molar-refractivity contribution in [1.29, 1.82) is 0 Å². The molecule has 1 heterocycles. The van der Waals surface area contributed by atoms with Gasteiger partial charge in [-0.3, -0.25) is 0 Å². The second-order valence-electron chi connectivity index (χ2n) is 3.75. The number of aliphatic hydroxyl groups excluding tert-OH is 1. The van der Waals surface area contributed by atoms with Crippen LogP contribution in [0.15, 0.2) is 23.2 Å². The zero-order valence-electron chi connectivity index (χ0n) is 9.67. The molecule has 7 heteroatoms. The third kappa shape index (κ3) is 3.38. The van der Waals surface area contributed by atoms with Gasteiger partial charge in [0.2, 0.25) is 10.0 Å². The summed E-state index contributed by atoms with van der Waals surface area (Å²) in [5, 5.41) is 9.14. The largest absolute Gasteiger partial charge is 0.395 e. The van der Waals surface area contributed by atoms with Crippen LogP contribution >= 0.6 is 11.6 Å². The van der Waals surface area contributed by atoms with Gasteiger partial charge in [-0.1, -0.05) is 11.6 Å². The first-order valence-electron chi connectivity index (χ1n) is 5.14. The Morgan fingerprint density at radius 2 is 2.12 bits per heavy atom. The molecule has 0 aliphatic heterocycles. The SMILES string of the molecule is CC(C)N(CCO)S(=O)(=O)c1ccc(Cl)nc1. The zero-order chi connectivity index (χ0) is 13.1. The summed E-state index contributed by atoms with van der Waals surface area (Å²) in [4.78, 5) is 3.82. The van der Waals surface area contributed by atoms with Crippen LogP contribution in [0.25, 0.3) is 0 Å². The van der Waals surface area contributed by atoms with Gasteiger partial charge in [0.15, 0.2) is 0 Å². The van der Waals surface area contributed by atoms with E-state index in [1.807, 2.05) is 0 Å². The van der Waals surface area contributed by atoms with Gasteiger partial charge in [-0.05, 0) is 26.0 Å². The Bertz CT molecular complexity index is 459. The minimum Gasteiger partial charge on any atom is -0.395 e. The molecule has 96 valence electrons. The topological polar surface area (TPSA) is 70.5 Å². The Kier molecular flexibility index (Phi) is 4.88. The molecule has 0 fully saturated rings. The van der Waals surface area contributed by atoms with Gasteiger partial charge in [-0.2, -0.15) is 4.31 Å². The maximum absolute atomic E-state index is 12.2. The number of aliphatic hydroxyl groups is 1. The van der Waals surface area contributed by atoms with Crippen molar-refractivity contribution in [3.05, 3.63) is 23.5 Å². The van der Waals surface area contributed by atoms with Crippen LogP contribution in [0.5, 0.6) is 0 Å². The van der Waals surface area contributed by atoms with Crippen LogP contribution < -0.4 is 0 Å². The van der Waals surface area contributed by atoms with E-state index in [0.29, 0.717) is 0 Å². The second-order valence-corrected chi connectivity index (χ2v) is 6.03. The molecule has 0 saturated carbocycles. The van der Waals surface area contributed by atoms with Crippen LogP contribution in [0.3, 0.4) is 0 Å². The van der Waals surface area contributed by atoms with Crippen molar-refractivity contribution in [1.82, 2.24) is 9.29 Å². The predicted molar refractivity (Wildman–Crippen MR) is 65.4 cm³/mol. The lowest BCUT2D eigenvalue weighted by atomic mass is 10.4. The molecule has 0 atom stereocenters. The number of halogens is 1. The average molecular weight is 279 g/mol. The fourth-order valence-electron chi connectivity index (χ4n) is 1.40. The van der Waals surface area contributed by atoms with E-state index in [9.17, 15) is 8.42 Å². The normalized spacial score (nSPS) is 12.4. The summed E-state index contributed by atoms with van der Waals surface area (Å²) in [6.45, 7) is 3.33. The van der Waals surface area contributed by atoms with Crippen LogP contribution in [0.2, 0.25) is 5.15 Å². The van der Waals surface area contributed by atoms with E-state index in [1.165, 1.54) is 22.6 Å². The van der Waals surface area contributed by atoms with Crippen LogP contribution in [0, 0.1) is 0 Å². The highest BCUT2D eigenvalue weighted by molar-refractivity contribution is 7.89. The van der Waals surface area contributed by atoms with Gasteiger partial charge in [0, 0.05) is 18.8 Å². The first-order chi connectivity index (χ1) is 7.89. The first kappa shape index (κ1) is 14.4. The van der Waals surface area contributed by atoms with Crippen LogP contribution in [0.4, 0.5) is 0 Å². The summed E-state index contributed by atoms with van der Waals surface area (Å²) >= 11 is 5.61. The molecular formula is C10H15ClN2O3S. The molecule has 0 radical (unpaired) electrons. The summed E-state index contributed by atoms with van der Waals surface area (Å²) < 4.78 is 25.6. The average Bonchev–Trinajstić information content (AvgIpc) is 2.25. The predicted octanol–water partition coefficient (Wildman–Crippen LogP) is 1.13. The van der Waals surface area contributed by atoms with Crippen molar-refractivity contribution in [2.24, 2.45) is 0 Å². The maximum Gasteiger partial charge on any atom is 0.244 e. The summed E-state index contributed by atoms with van der Waals surface area (Å²) in [6, 6.07) is 2.59. The van der Waals surface area contributed by atoms with Crippen molar-refractivity contribution < 1.29 is 13.5 Å². The highest BCUT2D eigenvalue weighted by atomic mass is 35.5. The lowest BCUT2D eigenvalue weighted by Crippen LogP contribution is -2.38. The molecule has 0 spiro atoms. The van der Waals surface area contributed by atoms with Crippen molar-refractivity contribution in [2.45, 2.75) is 24.8 Å². The molecule has 1 N–H and O–H groups in total. The summed E-state index contributed by atoms with van der Waals surface area (Å²) in [5.74, 6) is 0. The van der Waals surface area contributed by atoms with Crippen molar-refractivity contribution in [3.63, 3.8) is 0 Å². The number of pyridine rings is 1. The molecule has 0 amide bonds. The minimum atomic E-state index is -3.63. The molecule has 17 heavy (non-hydrogen) atoms. The summed E-state index contributed by atoms with van der Waals surface area (Å²) in [5.41, 5.74) is 0. The lowest BCUT2D eigenvalue weighted by Gasteiger charge is -2.24. The van der Waals surface area contributed by atoms with E-state index in [0.717, 1.165) is 0 Å². The monoisotopic (exact) mass is 278 g/mol. The standard InChI is InChI=1S/C10H15ClN2O3S/c1-8(2)13(5-6-14)17(15,16)9-3-4-10(11)12-7-9/h3-4,7-8,14H,5-6H2,1-2H3. The number of hydrogen-bond donors (Lipinski definition) is 1. The molecular weight excluding hydrogens is 264 g/mol. The number of hydrogen-bond acceptors (Lipinski definition) is 4. The Hall–Kier alpha value is -0.690. The number of nitrogens with zero attached hydrogens (tertiary/aromatic N) is 2. The van der Waals surface area contributed by atoms with E-state index in [4.69, 9.17) is 16.7 Å². The van der Waals surface area contributed by atoms with Gasteiger partial charge in [0.25, 0.3) is 0 Å². The summed E-state index contributed by atoms with van der Waals surface area (Å²) in [6.07, 6.45) is 1.21. The third-order valence-corrected chi connectivity index (χ3v) is 4.49. The maximum atomic E-state index is 12.2. The van der Waals surface area contributed by atoms with Crippen molar-refractivity contribution in [2.75, 3.05) is 13.2 Å². The fourth-order valence-corrected chi connectivity index (χ4v) is 3.09. The van der Waals surface area contributed by atoms with Gasteiger partial charge in [-0.15, -0.1) is 0 Å². The smallest absolute Gasteiger partial charge is 0.244 e. The minimum absolute atomic E-state index is 0.0582. The van der Waals surface area contributed by atoms with Gasteiger partial charge in [-0.25, -0.2) is 13.4 Å². The van der Waals surface area contributed by atoms with Crippen LogP contribution in [-0.2, 0) is 10.0 Å². The van der Waals surface area contributed by atoms with E-state index in [-0.39, 0.29) is 29.2 Å². The fraction of sp³-hybridized carbons (Fsp3) is 0.500. The van der Waals surface area contributed by atoms with Gasteiger partial charge >= 0.3 is 0 Å². The molecule has 0 aliphatic rings. The second kappa shape index (κ2) is 5.77. The van der Waals surface area contributed by atoms with Gasteiger partial charge < -0.3 is 5.11 Å².